The van der Waals surface area contributed by atoms with E-state index in [9.17, 15) is 4.79 Å². The van der Waals surface area contributed by atoms with Crippen molar-refractivity contribution < 1.29 is 4.79 Å². The molecule has 0 spiro atoms. The minimum absolute atomic E-state index is 0.115. The highest BCUT2D eigenvalue weighted by molar-refractivity contribution is 7.99. The second-order valence-electron chi connectivity index (χ2n) is 4.45. The molecule has 0 fully saturated rings. The number of aryl methyl sites for hydroxylation is 1. The summed E-state index contributed by atoms with van der Waals surface area (Å²) in [5.74, 6) is 1.19. The minimum Gasteiger partial charge on any atom is -0.292 e. The van der Waals surface area contributed by atoms with Gasteiger partial charge < -0.3 is 0 Å². The van der Waals surface area contributed by atoms with Crippen LogP contribution in [0, 0.1) is 6.92 Å². The van der Waals surface area contributed by atoms with Crippen LogP contribution in [0.2, 0.25) is 0 Å². The lowest BCUT2D eigenvalue weighted by atomic mass is 10.2. The number of thioether (sulfide) groups is 1. The number of hydrogen-bond acceptors (Lipinski definition) is 5. The molecule has 0 amide bonds. The molecule has 21 heavy (non-hydrogen) atoms. The third-order valence-corrected chi connectivity index (χ3v) is 4.75. The number of nitrogens with zero attached hydrogens (tertiary/aromatic N) is 2. The zero-order valence-corrected chi connectivity index (χ0v) is 13.0. The number of ketones is 1. The van der Waals surface area contributed by atoms with Crippen molar-refractivity contribution in [2.45, 2.75) is 12.1 Å². The van der Waals surface area contributed by atoms with Crippen LogP contribution in [-0.4, -0.2) is 26.7 Å². The summed E-state index contributed by atoms with van der Waals surface area (Å²) in [6, 6.07) is 13.6. The van der Waals surface area contributed by atoms with Gasteiger partial charge in [-0.25, -0.2) is 4.98 Å². The van der Waals surface area contributed by atoms with Crippen molar-refractivity contribution in [2.24, 2.45) is 0 Å². The van der Waals surface area contributed by atoms with E-state index in [1.165, 1.54) is 23.1 Å². The fraction of sp³-hybridized carbons (Fsp3) is 0.133. The number of carbonyl (C=O) groups is 1. The smallest absolute Gasteiger partial charge is 0.209 e. The summed E-state index contributed by atoms with van der Waals surface area (Å²) in [5.41, 5.74) is 0.983. The number of carbonyl (C=O) groups excluding carboxylic acids is 1. The lowest BCUT2D eigenvalue weighted by Gasteiger charge is -1.95. The first kappa shape index (κ1) is 14.0. The van der Waals surface area contributed by atoms with Gasteiger partial charge in [0.25, 0.3) is 0 Å². The third-order valence-electron chi connectivity index (χ3n) is 2.86. The average Bonchev–Trinajstić information content (AvgIpc) is 3.15. The molecule has 0 bridgehead atoms. The molecule has 2 aromatic heterocycles. The Morgan fingerprint density at radius 1 is 1.24 bits per heavy atom. The van der Waals surface area contributed by atoms with Crippen LogP contribution in [0.15, 0.2) is 47.6 Å². The summed E-state index contributed by atoms with van der Waals surface area (Å²) in [7, 11) is 0. The Morgan fingerprint density at radius 3 is 2.76 bits per heavy atom. The van der Waals surface area contributed by atoms with Gasteiger partial charge in [-0.05, 0) is 19.1 Å². The van der Waals surface area contributed by atoms with Gasteiger partial charge in [0, 0.05) is 10.4 Å². The van der Waals surface area contributed by atoms with Gasteiger partial charge in [0.15, 0.2) is 11.6 Å². The molecule has 0 saturated carbocycles. The summed E-state index contributed by atoms with van der Waals surface area (Å²) >= 11 is 2.87. The Hall–Kier alpha value is -1.92. The maximum absolute atomic E-state index is 12.0. The number of Topliss-reactive ketones (excluding diaryl/α,β-unsaturated/α-hetero) is 1. The largest absolute Gasteiger partial charge is 0.292 e. The molecule has 0 aliphatic rings. The molecule has 4 nitrogen and oxygen atoms in total. The highest BCUT2D eigenvalue weighted by Crippen LogP contribution is 2.22. The first-order valence-electron chi connectivity index (χ1n) is 6.42. The van der Waals surface area contributed by atoms with E-state index < -0.39 is 0 Å². The van der Waals surface area contributed by atoms with E-state index in [0.29, 0.717) is 10.9 Å². The van der Waals surface area contributed by atoms with Crippen molar-refractivity contribution in [1.29, 1.82) is 0 Å². The summed E-state index contributed by atoms with van der Waals surface area (Å²) in [6.45, 7) is 2.00. The van der Waals surface area contributed by atoms with Crippen molar-refractivity contribution in [2.75, 3.05) is 5.75 Å². The van der Waals surface area contributed by atoms with E-state index in [4.69, 9.17) is 0 Å². The fourth-order valence-electron chi connectivity index (χ4n) is 1.82. The predicted molar refractivity (Wildman–Crippen MR) is 85.9 cm³/mol. The topological polar surface area (TPSA) is 58.6 Å². The van der Waals surface area contributed by atoms with E-state index in [1.54, 1.807) is 0 Å². The summed E-state index contributed by atoms with van der Waals surface area (Å²) in [5, 5.41) is 7.63. The second kappa shape index (κ2) is 6.24. The van der Waals surface area contributed by atoms with E-state index in [-0.39, 0.29) is 5.78 Å². The van der Waals surface area contributed by atoms with Crippen LogP contribution in [0.5, 0.6) is 0 Å². The molecule has 106 valence electrons. The van der Waals surface area contributed by atoms with E-state index in [0.717, 1.165) is 21.1 Å². The molecule has 0 aliphatic heterocycles. The molecular formula is C15H13N3OS2. The number of rotatable bonds is 5. The van der Waals surface area contributed by atoms with Gasteiger partial charge in [-0.1, -0.05) is 42.1 Å². The molecule has 1 aromatic carbocycles. The highest BCUT2D eigenvalue weighted by atomic mass is 32.2. The zero-order chi connectivity index (χ0) is 14.7. The first-order valence-corrected chi connectivity index (χ1v) is 8.23. The quantitative estimate of drug-likeness (QED) is 0.574. The molecule has 0 saturated heterocycles. The van der Waals surface area contributed by atoms with Crippen molar-refractivity contribution in [3.63, 3.8) is 0 Å². The summed E-state index contributed by atoms with van der Waals surface area (Å²) < 4.78 is 0. The monoisotopic (exact) mass is 315 g/mol. The Labute approximate surface area is 130 Å². The van der Waals surface area contributed by atoms with Gasteiger partial charge in [-0.15, -0.1) is 16.4 Å². The maximum atomic E-state index is 12.0. The molecule has 0 unspecified atom stereocenters. The Bertz CT molecular complexity index is 749. The molecule has 1 N–H and O–H groups in total. The van der Waals surface area contributed by atoms with Crippen molar-refractivity contribution in [1.82, 2.24) is 15.2 Å². The number of aromatic nitrogens is 3. The molecule has 6 heteroatoms. The summed E-state index contributed by atoms with van der Waals surface area (Å²) in [6.07, 6.45) is 0. The minimum atomic E-state index is 0.115. The number of hydrogen-bond donors (Lipinski definition) is 1. The number of aromatic amines is 1. The lowest BCUT2D eigenvalue weighted by Crippen LogP contribution is -1.99. The average molecular weight is 315 g/mol. The zero-order valence-electron chi connectivity index (χ0n) is 11.4. The van der Waals surface area contributed by atoms with Crippen LogP contribution >= 0.6 is 23.1 Å². The predicted octanol–water partition coefficient (Wildman–Crippen LogP) is 3.82. The van der Waals surface area contributed by atoms with Crippen LogP contribution in [0.4, 0.5) is 0 Å². The number of H-pyrrole nitrogens is 1. The van der Waals surface area contributed by atoms with Gasteiger partial charge in [0.1, 0.15) is 0 Å². The molecular weight excluding hydrogens is 302 g/mol. The molecule has 0 aliphatic carbocycles. The van der Waals surface area contributed by atoms with E-state index >= 15 is 0 Å². The van der Waals surface area contributed by atoms with Gasteiger partial charge in [-0.2, -0.15) is 0 Å². The standard InChI is InChI=1S/C15H13N3OS2/c1-10-7-8-13(21-10)12(19)9-20-15-16-14(17-18-15)11-5-3-2-4-6-11/h2-8H,9H2,1H3,(H,16,17,18). The second-order valence-corrected chi connectivity index (χ2v) is 6.69. The Balaban J connectivity index is 1.64. The van der Waals surface area contributed by atoms with Crippen molar-refractivity contribution >= 4 is 28.9 Å². The lowest BCUT2D eigenvalue weighted by molar-refractivity contribution is 0.102. The number of thiophene rings is 1. The Morgan fingerprint density at radius 2 is 2.05 bits per heavy atom. The molecule has 3 aromatic rings. The first-order chi connectivity index (χ1) is 10.2. The molecule has 0 radical (unpaired) electrons. The van der Waals surface area contributed by atoms with Gasteiger partial charge >= 0.3 is 0 Å². The van der Waals surface area contributed by atoms with E-state index in [2.05, 4.69) is 15.2 Å². The normalized spacial score (nSPS) is 10.7. The van der Waals surface area contributed by atoms with Gasteiger partial charge in [0.05, 0.1) is 10.6 Å². The fourth-order valence-corrected chi connectivity index (χ4v) is 3.40. The third kappa shape index (κ3) is 3.40. The number of benzene rings is 1. The van der Waals surface area contributed by atoms with Crippen LogP contribution in [0.1, 0.15) is 14.5 Å². The Kier molecular flexibility index (Phi) is 4.17. The van der Waals surface area contributed by atoms with Crippen LogP contribution in [-0.2, 0) is 0 Å². The number of nitrogens with one attached hydrogen (secondary N) is 1. The van der Waals surface area contributed by atoms with Crippen molar-refractivity contribution in [3.8, 4) is 11.4 Å². The van der Waals surface area contributed by atoms with Crippen molar-refractivity contribution in [3.05, 3.63) is 52.2 Å². The van der Waals surface area contributed by atoms with Crippen LogP contribution in [0.25, 0.3) is 11.4 Å². The van der Waals surface area contributed by atoms with Gasteiger partial charge in [0.2, 0.25) is 5.16 Å². The van der Waals surface area contributed by atoms with Crippen LogP contribution in [0.3, 0.4) is 0 Å². The van der Waals surface area contributed by atoms with E-state index in [1.807, 2.05) is 49.4 Å². The SMILES string of the molecule is Cc1ccc(C(=O)CSc2n[nH]c(-c3ccccc3)n2)s1. The highest BCUT2D eigenvalue weighted by Gasteiger charge is 2.11. The molecule has 0 atom stereocenters. The molecule has 2 heterocycles. The summed E-state index contributed by atoms with van der Waals surface area (Å²) in [4.78, 5) is 18.4. The van der Waals surface area contributed by atoms with Gasteiger partial charge in [-0.3, -0.25) is 9.89 Å². The molecule has 3 rings (SSSR count). The maximum Gasteiger partial charge on any atom is 0.209 e. The van der Waals surface area contributed by atoms with Crippen LogP contribution < -0.4 is 0 Å².